The van der Waals surface area contributed by atoms with Crippen molar-refractivity contribution >= 4 is 11.6 Å². The lowest BCUT2D eigenvalue weighted by molar-refractivity contribution is 0.282. The number of aliphatic hydroxyl groups excluding tert-OH is 1. The van der Waals surface area contributed by atoms with Crippen LogP contribution in [-0.2, 0) is 0 Å². The maximum absolute atomic E-state index is 13.7. The molecule has 0 saturated carbocycles. The number of hydrogen-bond donors (Lipinski definition) is 3. The van der Waals surface area contributed by atoms with Gasteiger partial charge in [0.05, 0.1) is 0 Å². The van der Waals surface area contributed by atoms with Gasteiger partial charge in [-0.2, -0.15) is 0 Å². The molecule has 5 heteroatoms. The number of nitrogens with two attached hydrogens (primary N) is 1. The van der Waals surface area contributed by atoms with Gasteiger partial charge in [0.2, 0.25) is 0 Å². The van der Waals surface area contributed by atoms with Gasteiger partial charge in [0.15, 0.2) is 0 Å². The predicted octanol–water partition coefficient (Wildman–Crippen LogP) is 2.23. The van der Waals surface area contributed by atoms with Crippen LogP contribution in [0.2, 0.25) is 5.02 Å². The highest BCUT2D eigenvalue weighted by molar-refractivity contribution is 6.31. The largest absolute Gasteiger partial charge is 0.396 e. The highest BCUT2D eigenvalue weighted by Crippen LogP contribution is 2.25. The number of aliphatic hydroxyl groups is 1. The Hall–Kier alpha value is -0.680. The first-order chi connectivity index (χ1) is 8.70. The molecule has 102 valence electrons. The maximum Gasteiger partial charge on any atom is 0.129 e. The summed E-state index contributed by atoms with van der Waals surface area (Å²) in [6.45, 7) is 1.23. The summed E-state index contributed by atoms with van der Waals surface area (Å²) < 4.78 is 13.7. The number of halogens is 2. The molecule has 0 spiro atoms. The van der Waals surface area contributed by atoms with Crippen LogP contribution in [0.15, 0.2) is 18.2 Å². The Kier molecular flexibility index (Phi) is 7.20. The standard InChI is InChI=1S/C13H20ClFN2O/c14-10-5-4-6-11(15)13(10)12(9-16)17-7-2-1-3-8-18/h4-6,12,17-18H,1-3,7-9,16H2. The van der Waals surface area contributed by atoms with E-state index in [1.54, 1.807) is 12.1 Å². The van der Waals surface area contributed by atoms with E-state index in [0.29, 0.717) is 17.1 Å². The molecule has 0 aliphatic carbocycles. The molecule has 4 N–H and O–H groups in total. The molecule has 18 heavy (non-hydrogen) atoms. The molecule has 0 amide bonds. The summed E-state index contributed by atoms with van der Waals surface area (Å²) in [6.07, 6.45) is 2.64. The van der Waals surface area contributed by atoms with Crippen molar-refractivity contribution in [2.75, 3.05) is 19.7 Å². The number of unbranched alkanes of at least 4 members (excludes halogenated alkanes) is 2. The molecule has 1 aromatic rings. The Morgan fingerprint density at radius 1 is 1.33 bits per heavy atom. The van der Waals surface area contributed by atoms with Crippen molar-refractivity contribution in [1.82, 2.24) is 5.32 Å². The molecule has 0 heterocycles. The molecule has 0 bridgehead atoms. The summed E-state index contributed by atoms with van der Waals surface area (Å²) in [5.41, 5.74) is 6.09. The van der Waals surface area contributed by atoms with E-state index in [9.17, 15) is 4.39 Å². The lowest BCUT2D eigenvalue weighted by atomic mass is 10.1. The van der Waals surface area contributed by atoms with Gasteiger partial charge in [0.1, 0.15) is 5.82 Å². The van der Waals surface area contributed by atoms with E-state index in [4.69, 9.17) is 22.4 Å². The van der Waals surface area contributed by atoms with E-state index in [1.165, 1.54) is 6.07 Å². The minimum absolute atomic E-state index is 0.208. The lowest BCUT2D eigenvalue weighted by Gasteiger charge is -2.19. The van der Waals surface area contributed by atoms with Gasteiger partial charge < -0.3 is 16.2 Å². The van der Waals surface area contributed by atoms with Gasteiger partial charge in [-0.25, -0.2) is 4.39 Å². The molecule has 0 fully saturated rings. The molecular weight excluding hydrogens is 255 g/mol. The number of benzene rings is 1. The predicted molar refractivity (Wildman–Crippen MR) is 72.1 cm³/mol. The Morgan fingerprint density at radius 3 is 2.72 bits per heavy atom. The highest BCUT2D eigenvalue weighted by Gasteiger charge is 2.16. The quantitative estimate of drug-likeness (QED) is 0.637. The van der Waals surface area contributed by atoms with Crippen molar-refractivity contribution in [2.45, 2.75) is 25.3 Å². The van der Waals surface area contributed by atoms with Crippen LogP contribution < -0.4 is 11.1 Å². The van der Waals surface area contributed by atoms with Crippen LogP contribution in [0, 0.1) is 5.82 Å². The van der Waals surface area contributed by atoms with Crippen LogP contribution in [0.3, 0.4) is 0 Å². The second-order valence-electron chi connectivity index (χ2n) is 4.16. The molecule has 3 nitrogen and oxygen atoms in total. The third-order valence-corrected chi connectivity index (χ3v) is 3.14. The zero-order valence-electron chi connectivity index (χ0n) is 10.3. The molecule has 0 aromatic heterocycles. The van der Waals surface area contributed by atoms with Crippen molar-refractivity contribution < 1.29 is 9.50 Å². The van der Waals surface area contributed by atoms with E-state index >= 15 is 0 Å². The van der Waals surface area contributed by atoms with Crippen LogP contribution in [-0.4, -0.2) is 24.8 Å². The molecule has 0 aliphatic heterocycles. The van der Waals surface area contributed by atoms with Gasteiger partial charge in [-0.15, -0.1) is 0 Å². The molecule has 0 saturated heterocycles. The van der Waals surface area contributed by atoms with Crippen LogP contribution in [0.4, 0.5) is 4.39 Å². The Balaban J connectivity index is 2.55. The average molecular weight is 275 g/mol. The number of nitrogens with one attached hydrogen (secondary N) is 1. The summed E-state index contributed by atoms with van der Waals surface area (Å²) in [7, 11) is 0. The molecule has 0 radical (unpaired) electrons. The fourth-order valence-corrected chi connectivity index (χ4v) is 2.13. The van der Waals surface area contributed by atoms with Crippen molar-refractivity contribution in [2.24, 2.45) is 5.73 Å². The third-order valence-electron chi connectivity index (χ3n) is 2.81. The molecule has 0 aliphatic rings. The van der Waals surface area contributed by atoms with Gasteiger partial charge >= 0.3 is 0 Å². The fraction of sp³-hybridized carbons (Fsp3) is 0.538. The van der Waals surface area contributed by atoms with Crippen molar-refractivity contribution in [3.05, 3.63) is 34.6 Å². The molecule has 1 aromatic carbocycles. The van der Waals surface area contributed by atoms with E-state index in [0.717, 1.165) is 25.8 Å². The van der Waals surface area contributed by atoms with E-state index in [2.05, 4.69) is 5.32 Å². The van der Waals surface area contributed by atoms with Gasteiger partial charge in [-0.1, -0.05) is 17.7 Å². The van der Waals surface area contributed by atoms with E-state index in [-0.39, 0.29) is 18.5 Å². The van der Waals surface area contributed by atoms with Gasteiger partial charge in [-0.05, 0) is 37.9 Å². The zero-order chi connectivity index (χ0) is 13.4. The van der Waals surface area contributed by atoms with Crippen LogP contribution in [0.5, 0.6) is 0 Å². The van der Waals surface area contributed by atoms with E-state index in [1.807, 2.05) is 0 Å². The Bertz CT molecular complexity index is 343. The maximum atomic E-state index is 13.7. The molecule has 1 rings (SSSR count). The normalized spacial score (nSPS) is 12.7. The first-order valence-electron chi connectivity index (χ1n) is 6.19. The van der Waals surface area contributed by atoms with Crippen molar-refractivity contribution in [3.8, 4) is 0 Å². The smallest absolute Gasteiger partial charge is 0.129 e. The summed E-state index contributed by atoms with van der Waals surface area (Å²) in [4.78, 5) is 0. The van der Waals surface area contributed by atoms with Crippen molar-refractivity contribution in [3.63, 3.8) is 0 Å². The average Bonchev–Trinajstić information content (AvgIpc) is 2.36. The third kappa shape index (κ3) is 4.53. The van der Waals surface area contributed by atoms with Gasteiger partial charge in [0, 0.05) is 29.8 Å². The molecule has 1 unspecified atom stereocenters. The van der Waals surface area contributed by atoms with Crippen LogP contribution in [0.1, 0.15) is 30.9 Å². The minimum Gasteiger partial charge on any atom is -0.396 e. The summed E-state index contributed by atoms with van der Waals surface area (Å²) in [6, 6.07) is 4.36. The van der Waals surface area contributed by atoms with Crippen LogP contribution >= 0.6 is 11.6 Å². The fourth-order valence-electron chi connectivity index (χ4n) is 1.84. The zero-order valence-corrected chi connectivity index (χ0v) is 11.1. The van der Waals surface area contributed by atoms with Crippen molar-refractivity contribution in [1.29, 1.82) is 0 Å². The number of rotatable bonds is 8. The summed E-state index contributed by atoms with van der Waals surface area (Å²) in [5.74, 6) is -0.333. The lowest BCUT2D eigenvalue weighted by Crippen LogP contribution is -2.30. The second-order valence-corrected chi connectivity index (χ2v) is 4.57. The minimum atomic E-state index is -0.333. The Labute approximate surface area is 112 Å². The molecule has 1 atom stereocenters. The SMILES string of the molecule is NCC(NCCCCCO)c1c(F)cccc1Cl. The van der Waals surface area contributed by atoms with Crippen LogP contribution in [0.25, 0.3) is 0 Å². The Morgan fingerprint density at radius 2 is 2.11 bits per heavy atom. The second kappa shape index (κ2) is 8.43. The highest BCUT2D eigenvalue weighted by atomic mass is 35.5. The van der Waals surface area contributed by atoms with Gasteiger partial charge in [-0.3, -0.25) is 0 Å². The first-order valence-corrected chi connectivity index (χ1v) is 6.56. The summed E-state index contributed by atoms with van der Waals surface area (Å²) in [5, 5.41) is 12.3. The summed E-state index contributed by atoms with van der Waals surface area (Å²) >= 11 is 6.00. The number of hydrogen-bond acceptors (Lipinski definition) is 3. The molecular formula is C13H20ClFN2O. The topological polar surface area (TPSA) is 58.3 Å². The van der Waals surface area contributed by atoms with Gasteiger partial charge in [0.25, 0.3) is 0 Å². The first kappa shape index (κ1) is 15.4. The monoisotopic (exact) mass is 274 g/mol. The van der Waals surface area contributed by atoms with E-state index < -0.39 is 0 Å².